The van der Waals surface area contributed by atoms with Crippen LogP contribution >= 0.6 is 0 Å². The van der Waals surface area contributed by atoms with E-state index in [0.717, 1.165) is 32.1 Å². The van der Waals surface area contributed by atoms with Crippen LogP contribution in [0.4, 0.5) is 4.79 Å². The molecule has 122 valence electrons. The summed E-state index contributed by atoms with van der Waals surface area (Å²) in [4.78, 5) is 22.5. The SMILES string of the molecule is CCCCCCCCNC(=O)NCC1(CC(=O)O)CCC1. The fraction of sp³-hybridized carbons (Fsp3) is 0.875. The van der Waals surface area contributed by atoms with Crippen molar-refractivity contribution in [1.29, 1.82) is 0 Å². The summed E-state index contributed by atoms with van der Waals surface area (Å²) in [6.45, 7) is 3.37. The molecule has 1 aliphatic carbocycles. The number of hydrogen-bond donors (Lipinski definition) is 3. The summed E-state index contributed by atoms with van der Waals surface area (Å²) in [6.07, 6.45) is 10.2. The summed E-state index contributed by atoms with van der Waals surface area (Å²) >= 11 is 0. The third-order valence-corrected chi connectivity index (χ3v) is 4.38. The van der Waals surface area contributed by atoms with Gasteiger partial charge in [0.15, 0.2) is 0 Å². The smallest absolute Gasteiger partial charge is 0.314 e. The second-order valence-corrected chi connectivity index (χ2v) is 6.30. The van der Waals surface area contributed by atoms with E-state index in [1.165, 1.54) is 25.7 Å². The number of aliphatic carboxylic acids is 1. The number of carbonyl (C=O) groups excluding carboxylic acids is 1. The largest absolute Gasteiger partial charge is 0.481 e. The zero-order valence-corrected chi connectivity index (χ0v) is 13.2. The Balaban J connectivity index is 2.04. The molecule has 1 saturated carbocycles. The average Bonchev–Trinajstić information content (AvgIpc) is 2.40. The molecular formula is C16H30N2O3. The molecule has 0 aliphatic heterocycles. The van der Waals surface area contributed by atoms with Gasteiger partial charge in [0.25, 0.3) is 0 Å². The zero-order valence-electron chi connectivity index (χ0n) is 13.2. The molecule has 0 bridgehead atoms. The van der Waals surface area contributed by atoms with Gasteiger partial charge in [-0.1, -0.05) is 45.4 Å². The van der Waals surface area contributed by atoms with Gasteiger partial charge < -0.3 is 15.7 Å². The van der Waals surface area contributed by atoms with Gasteiger partial charge in [0.2, 0.25) is 0 Å². The molecule has 0 unspecified atom stereocenters. The molecule has 0 heterocycles. The fourth-order valence-corrected chi connectivity index (χ4v) is 2.85. The van der Waals surface area contributed by atoms with Crippen LogP contribution in [-0.4, -0.2) is 30.2 Å². The monoisotopic (exact) mass is 298 g/mol. The van der Waals surface area contributed by atoms with E-state index in [1.807, 2.05) is 0 Å². The summed E-state index contributed by atoms with van der Waals surface area (Å²) in [7, 11) is 0. The van der Waals surface area contributed by atoms with E-state index >= 15 is 0 Å². The van der Waals surface area contributed by atoms with E-state index in [2.05, 4.69) is 17.6 Å². The molecule has 0 saturated heterocycles. The fourth-order valence-electron chi connectivity index (χ4n) is 2.85. The maximum Gasteiger partial charge on any atom is 0.314 e. The Morgan fingerprint density at radius 3 is 2.29 bits per heavy atom. The van der Waals surface area contributed by atoms with Crippen LogP contribution in [0, 0.1) is 5.41 Å². The van der Waals surface area contributed by atoms with Gasteiger partial charge >= 0.3 is 12.0 Å². The Labute approximate surface area is 127 Å². The van der Waals surface area contributed by atoms with Crippen molar-refractivity contribution in [3.63, 3.8) is 0 Å². The molecule has 1 fully saturated rings. The first kappa shape index (κ1) is 17.8. The summed E-state index contributed by atoms with van der Waals surface area (Å²) in [5.41, 5.74) is -0.205. The highest BCUT2D eigenvalue weighted by molar-refractivity contribution is 5.74. The summed E-state index contributed by atoms with van der Waals surface area (Å²) in [5, 5.41) is 14.6. The van der Waals surface area contributed by atoms with Gasteiger partial charge in [-0.05, 0) is 24.7 Å². The Hall–Kier alpha value is -1.26. The van der Waals surface area contributed by atoms with Crippen LogP contribution in [0.3, 0.4) is 0 Å². The lowest BCUT2D eigenvalue weighted by Gasteiger charge is -2.40. The molecule has 1 rings (SSSR count). The lowest BCUT2D eigenvalue weighted by molar-refractivity contribution is -0.141. The van der Waals surface area contributed by atoms with Gasteiger partial charge in [-0.3, -0.25) is 4.79 Å². The van der Waals surface area contributed by atoms with Gasteiger partial charge in [0, 0.05) is 13.1 Å². The van der Waals surface area contributed by atoms with E-state index in [1.54, 1.807) is 0 Å². The van der Waals surface area contributed by atoms with Crippen molar-refractivity contribution in [2.24, 2.45) is 5.41 Å². The standard InChI is InChI=1S/C16H30N2O3/c1-2-3-4-5-6-7-11-17-15(21)18-13-16(9-8-10-16)12-14(19)20/h2-13H2,1H3,(H,19,20)(H2,17,18,21). The number of urea groups is 1. The first-order valence-corrected chi connectivity index (χ1v) is 8.31. The molecule has 0 aromatic heterocycles. The van der Waals surface area contributed by atoms with Crippen molar-refractivity contribution < 1.29 is 14.7 Å². The van der Waals surface area contributed by atoms with Crippen LogP contribution in [0.1, 0.15) is 71.1 Å². The van der Waals surface area contributed by atoms with Gasteiger partial charge in [0.05, 0.1) is 6.42 Å². The third-order valence-electron chi connectivity index (χ3n) is 4.38. The minimum absolute atomic E-state index is 0.157. The van der Waals surface area contributed by atoms with E-state index in [0.29, 0.717) is 13.1 Å². The number of carboxylic acids is 1. The molecule has 0 aromatic carbocycles. The highest BCUT2D eigenvalue weighted by Gasteiger charge is 2.39. The van der Waals surface area contributed by atoms with Crippen molar-refractivity contribution >= 4 is 12.0 Å². The van der Waals surface area contributed by atoms with Crippen LogP contribution in [0.5, 0.6) is 0 Å². The van der Waals surface area contributed by atoms with Crippen LogP contribution in [0.2, 0.25) is 0 Å². The van der Waals surface area contributed by atoms with Crippen molar-refractivity contribution in [2.75, 3.05) is 13.1 Å². The average molecular weight is 298 g/mol. The Kier molecular flexibility index (Phi) is 8.16. The number of carbonyl (C=O) groups is 2. The van der Waals surface area contributed by atoms with E-state index in [9.17, 15) is 9.59 Å². The molecule has 0 aromatic rings. The number of hydrogen-bond acceptors (Lipinski definition) is 2. The van der Waals surface area contributed by atoms with Gasteiger partial charge in [-0.25, -0.2) is 4.79 Å². The van der Waals surface area contributed by atoms with Gasteiger partial charge in [0.1, 0.15) is 0 Å². The van der Waals surface area contributed by atoms with E-state index in [4.69, 9.17) is 5.11 Å². The second-order valence-electron chi connectivity index (χ2n) is 6.30. The molecule has 0 atom stereocenters. The molecule has 3 N–H and O–H groups in total. The number of amides is 2. The highest BCUT2D eigenvalue weighted by Crippen LogP contribution is 2.43. The predicted octanol–water partition coefficient (Wildman–Crippen LogP) is 3.29. The van der Waals surface area contributed by atoms with Gasteiger partial charge in [-0.2, -0.15) is 0 Å². The first-order valence-electron chi connectivity index (χ1n) is 8.31. The topological polar surface area (TPSA) is 78.4 Å². The normalized spacial score (nSPS) is 16.0. The lowest BCUT2D eigenvalue weighted by Crippen LogP contribution is -2.46. The summed E-state index contributed by atoms with van der Waals surface area (Å²) in [6, 6.07) is -0.166. The number of carboxylic acid groups (broad SMARTS) is 1. The highest BCUT2D eigenvalue weighted by atomic mass is 16.4. The second kappa shape index (κ2) is 9.64. The Morgan fingerprint density at radius 1 is 1.05 bits per heavy atom. The van der Waals surface area contributed by atoms with Gasteiger partial charge in [-0.15, -0.1) is 0 Å². The number of rotatable bonds is 11. The minimum Gasteiger partial charge on any atom is -0.481 e. The van der Waals surface area contributed by atoms with E-state index < -0.39 is 5.97 Å². The molecule has 1 aliphatic rings. The lowest BCUT2D eigenvalue weighted by atomic mass is 9.66. The predicted molar refractivity (Wildman–Crippen MR) is 83.3 cm³/mol. The van der Waals surface area contributed by atoms with Crippen molar-refractivity contribution in [1.82, 2.24) is 10.6 Å². The maximum atomic E-state index is 11.7. The summed E-state index contributed by atoms with van der Waals surface area (Å²) < 4.78 is 0. The Bertz CT molecular complexity index is 327. The van der Waals surface area contributed by atoms with Crippen LogP contribution in [0.15, 0.2) is 0 Å². The van der Waals surface area contributed by atoms with Crippen molar-refractivity contribution in [2.45, 2.75) is 71.1 Å². The molecule has 5 nitrogen and oxygen atoms in total. The summed E-state index contributed by atoms with van der Waals surface area (Å²) in [5.74, 6) is -0.774. The van der Waals surface area contributed by atoms with Crippen LogP contribution in [-0.2, 0) is 4.79 Å². The van der Waals surface area contributed by atoms with Crippen molar-refractivity contribution in [3.05, 3.63) is 0 Å². The number of unbranched alkanes of at least 4 members (excludes halogenated alkanes) is 5. The number of nitrogens with one attached hydrogen (secondary N) is 2. The Morgan fingerprint density at radius 2 is 1.71 bits per heavy atom. The molecule has 5 heteroatoms. The molecule has 0 radical (unpaired) electrons. The molecule has 0 spiro atoms. The first-order chi connectivity index (χ1) is 10.1. The molecular weight excluding hydrogens is 268 g/mol. The molecule has 2 amide bonds. The molecule has 21 heavy (non-hydrogen) atoms. The quantitative estimate of drug-likeness (QED) is 0.512. The third kappa shape index (κ3) is 7.34. The van der Waals surface area contributed by atoms with Crippen molar-refractivity contribution in [3.8, 4) is 0 Å². The zero-order chi connectivity index (χ0) is 15.6. The van der Waals surface area contributed by atoms with E-state index in [-0.39, 0.29) is 17.9 Å². The van der Waals surface area contributed by atoms with Crippen LogP contribution in [0.25, 0.3) is 0 Å². The maximum absolute atomic E-state index is 11.7. The minimum atomic E-state index is -0.774. The van der Waals surface area contributed by atoms with Crippen LogP contribution < -0.4 is 10.6 Å².